The first-order chi connectivity index (χ1) is 7.72. The topological polar surface area (TPSA) is 24.9 Å². The molecule has 0 aliphatic carbocycles. The van der Waals surface area contributed by atoms with Crippen molar-refractivity contribution >= 4 is 0 Å². The summed E-state index contributed by atoms with van der Waals surface area (Å²) in [5.74, 6) is 0. The molecular weight excluding hydrogens is 208 g/mol. The number of hydrogen-bond acceptors (Lipinski definition) is 2. The molecule has 1 aromatic rings. The van der Waals surface area contributed by atoms with Crippen molar-refractivity contribution in [1.82, 2.24) is 10.3 Å². The molecule has 0 unspecified atom stereocenters. The Morgan fingerprint density at radius 1 is 1.18 bits per heavy atom. The molecule has 1 heterocycles. The van der Waals surface area contributed by atoms with E-state index in [0.29, 0.717) is 0 Å². The van der Waals surface area contributed by atoms with Gasteiger partial charge in [0.15, 0.2) is 0 Å². The van der Waals surface area contributed by atoms with Crippen LogP contribution < -0.4 is 5.32 Å². The fraction of sp³-hybridized carbons (Fsp3) is 0.667. The van der Waals surface area contributed by atoms with Gasteiger partial charge in [0, 0.05) is 17.9 Å². The number of nitrogens with zero attached hydrogens (tertiary/aromatic N) is 1. The van der Waals surface area contributed by atoms with Crippen molar-refractivity contribution in [3.8, 4) is 0 Å². The Kier molecular flexibility index (Phi) is 4.31. The highest BCUT2D eigenvalue weighted by molar-refractivity contribution is 5.28. The molecule has 0 bridgehead atoms. The van der Waals surface area contributed by atoms with Crippen LogP contribution in [0.25, 0.3) is 0 Å². The van der Waals surface area contributed by atoms with E-state index >= 15 is 0 Å². The third kappa shape index (κ3) is 4.47. The second kappa shape index (κ2) is 5.18. The van der Waals surface area contributed by atoms with Crippen molar-refractivity contribution in [1.29, 1.82) is 0 Å². The second-order valence-corrected chi connectivity index (χ2v) is 6.50. The molecule has 2 nitrogen and oxygen atoms in total. The fourth-order valence-corrected chi connectivity index (χ4v) is 2.06. The zero-order chi connectivity index (χ0) is 13.1. The van der Waals surface area contributed by atoms with E-state index in [1.807, 2.05) is 12.4 Å². The number of aromatic nitrogens is 1. The molecule has 0 aromatic carbocycles. The molecular formula is C15H26N2. The molecule has 2 heteroatoms. The Balaban J connectivity index is 2.66. The van der Waals surface area contributed by atoms with Gasteiger partial charge in [0.2, 0.25) is 0 Å². The van der Waals surface area contributed by atoms with Gasteiger partial charge in [-0.2, -0.15) is 0 Å². The third-order valence-corrected chi connectivity index (χ3v) is 3.17. The quantitative estimate of drug-likeness (QED) is 0.863. The molecule has 96 valence electrons. The molecule has 0 saturated carbocycles. The molecule has 0 radical (unpaired) electrons. The third-order valence-electron chi connectivity index (χ3n) is 3.17. The van der Waals surface area contributed by atoms with Crippen LogP contribution in [0.3, 0.4) is 0 Å². The lowest BCUT2D eigenvalue weighted by molar-refractivity contribution is 0.378. The highest BCUT2D eigenvalue weighted by atomic mass is 14.9. The maximum absolute atomic E-state index is 4.25. The molecule has 17 heavy (non-hydrogen) atoms. The normalized spacial score (nSPS) is 12.8. The zero-order valence-corrected chi connectivity index (χ0v) is 12.1. The van der Waals surface area contributed by atoms with Crippen molar-refractivity contribution < 1.29 is 0 Å². The summed E-state index contributed by atoms with van der Waals surface area (Å²) in [4.78, 5) is 4.25. The van der Waals surface area contributed by atoms with Crippen LogP contribution in [0.4, 0.5) is 0 Å². The van der Waals surface area contributed by atoms with Crippen LogP contribution in [0.15, 0.2) is 18.5 Å². The van der Waals surface area contributed by atoms with Gasteiger partial charge in [0.1, 0.15) is 0 Å². The number of rotatable bonds is 4. The molecule has 1 rings (SSSR count). The summed E-state index contributed by atoms with van der Waals surface area (Å²) in [6, 6.07) is 2.09. The average molecular weight is 234 g/mol. The monoisotopic (exact) mass is 234 g/mol. The summed E-state index contributed by atoms with van der Waals surface area (Å²) in [5, 5.41) is 3.55. The summed E-state index contributed by atoms with van der Waals surface area (Å²) in [5.41, 5.74) is 3.06. The smallest absolute Gasteiger partial charge is 0.0307 e. The van der Waals surface area contributed by atoms with Crippen LogP contribution in [-0.2, 0) is 5.41 Å². The maximum atomic E-state index is 4.25. The van der Waals surface area contributed by atoms with Gasteiger partial charge in [0.05, 0.1) is 0 Å². The van der Waals surface area contributed by atoms with E-state index in [2.05, 4.69) is 57.9 Å². The summed E-state index contributed by atoms with van der Waals surface area (Å²) in [6.45, 7) is 14.4. The van der Waals surface area contributed by atoms with Crippen molar-refractivity contribution in [3.05, 3.63) is 29.6 Å². The lowest BCUT2D eigenvalue weighted by Gasteiger charge is -2.29. The van der Waals surface area contributed by atoms with E-state index in [-0.39, 0.29) is 11.0 Å². The lowest BCUT2D eigenvalue weighted by Crippen LogP contribution is -2.38. The fourth-order valence-electron chi connectivity index (χ4n) is 2.06. The molecule has 0 aliphatic heterocycles. The van der Waals surface area contributed by atoms with E-state index in [9.17, 15) is 0 Å². The first kappa shape index (κ1) is 14.2. The summed E-state index contributed by atoms with van der Waals surface area (Å²) in [6.07, 6.45) is 4.99. The maximum Gasteiger partial charge on any atom is 0.0307 e. The number of aryl methyl sites for hydroxylation is 1. The lowest BCUT2D eigenvalue weighted by atomic mass is 9.80. The van der Waals surface area contributed by atoms with Crippen molar-refractivity contribution in [2.45, 2.75) is 58.9 Å². The summed E-state index contributed by atoms with van der Waals surface area (Å²) in [7, 11) is 0. The Labute approximate surface area is 106 Å². The van der Waals surface area contributed by atoms with E-state index in [1.54, 1.807) is 0 Å². The standard InChI is InChI=1S/C15H26N2/c1-12-7-9-16-11-13(12)15(5,6)8-10-17-14(2,3)4/h7,9,11,17H,8,10H2,1-6H3. The van der Waals surface area contributed by atoms with E-state index in [1.165, 1.54) is 11.1 Å². The minimum atomic E-state index is 0.177. The van der Waals surface area contributed by atoms with Gasteiger partial charge in [-0.1, -0.05) is 13.8 Å². The van der Waals surface area contributed by atoms with Crippen LogP contribution in [0.1, 0.15) is 52.2 Å². The molecule has 0 saturated heterocycles. The number of nitrogens with one attached hydrogen (secondary N) is 1. The predicted molar refractivity (Wildman–Crippen MR) is 74.4 cm³/mol. The Morgan fingerprint density at radius 2 is 1.82 bits per heavy atom. The van der Waals surface area contributed by atoms with Crippen molar-refractivity contribution in [2.24, 2.45) is 0 Å². The first-order valence-corrected chi connectivity index (χ1v) is 6.38. The van der Waals surface area contributed by atoms with Gasteiger partial charge in [-0.15, -0.1) is 0 Å². The van der Waals surface area contributed by atoms with Crippen molar-refractivity contribution in [2.75, 3.05) is 6.54 Å². The Hall–Kier alpha value is -0.890. The van der Waals surface area contributed by atoms with Gasteiger partial charge in [-0.3, -0.25) is 4.98 Å². The van der Waals surface area contributed by atoms with E-state index in [4.69, 9.17) is 0 Å². The molecule has 1 N–H and O–H groups in total. The Bertz CT molecular complexity index is 361. The molecule has 0 amide bonds. The van der Waals surface area contributed by atoms with E-state index < -0.39 is 0 Å². The highest BCUT2D eigenvalue weighted by Crippen LogP contribution is 2.28. The van der Waals surface area contributed by atoms with Gasteiger partial charge in [0.25, 0.3) is 0 Å². The van der Waals surface area contributed by atoms with Gasteiger partial charge in [-0.05, 0) is 63.3 Å². The summed E-state index contributed by atoms with van der Waals surface area (Å²) < 4.78 is 0. The number of pyridine rings is 1. The van der Waals surface area contributed by atoms with Crippen LogP contribution >= 0.6 is 0 Å². The molecule has 0 fully saturated rings. The zero-order valence-electron chi connectivity index (χ0n) is 12.1. The van der Waals surface area contributed by atoms with Crippen LogP contribution in [0.5, 0.6) is 0 Å². The van der Waals surface area contributed by atoms with Gasteiger partial charge >= 0.3 is 0 Å². The second-order valence-electron chi connectivity index (χ2n) is 6.50. The largest absolute Gasteiger partial charge is 0.312 e. The van der Waals surface area contributed by atoms with Crippen LogP contribution in [0.2, 0.25) is 0 Å². The average Bonchev–Trinajstić information content (AvgIpc) is 2.15. The highest BCUT2D eigenvalue weighted by Gasteiger charge is 2.23. The van der Waals surface area contributed by atoms with Gasteiger partial charge in [-0.25, -0.2) is 0 Å². The Morgan fingerprint density at radius 3 is 2.35 bits per heavy atom. The van der Waals surface area contributed by atoms with Crippen LogP contribution in [-0.4, -0.2) is 17.1 Å². The van der Waals surface area contributed by atoms with E-state index in [0.717, 1.165) is 13.0 Å². The minimum Gasteiger partial charge on any atom is -0.312 e. The molecule has 1 aromatic heterocycles. The van der Waals surface area contributed by atoms with Crippen molar-refractivity contribution in [3.63, 3.8) is 0 Å². The van der Waals surface area contributed by atoms with Gasteiger partial charge < -0.3 is 5.32 Å². The summed E-state index contributed by atoms with van der Waals surface area (Å²) >= 11 is 0. The predicted octanol–water partition coefficient (Wildman–Crippen LogP) is 3.45. The molecule has 0 atom stereocenters. The SMILES string of the molecule is Cc1ccncc1C(C)(C)CCNC(C)(C)C. The minimum absolute atomic E-state index is 0.177. The molecule has 0 spiro atoms. The van der Waals surface area contributed by atoms with Crippen LogP contribution in [0, 0.1) is 6.92 Å². The first-order valence-electron chi connectivity index (χ1n) is 6.38. The number of hydrogen-bond donors (Lipinski definition) is 1. The molecule has 0 aliphatic rings.